The number of alkyl halides is 1. The first-order valence-electron chi connectivity index (χ1n) is 5.62. The molecule has 0 fully saturated rings. The van der Waals surface area contributed by atoms with Crippen molar-refractivity contribution in [3.63, 3.8) is 0 Å². The zero-order chi connectivity index (χ0) is 10.9. The fraction of sp³-hybridized carbons (Fsp3) is 0.429. The van der Waals surface area contributed by atoms with Crippen LogP contribution in [0, 0.1) is 0 Å². The van der Waals surface area contributed by atoms with Crippen LogP contribution in [0.15, 0.2) is 43.0 Å². The molecule has 0 bridgehead atoms. The van der Waals surface area contributed by atoms with Crippen LogP contribution in [-0.4, -0.2) is 5.33 Å². The zero-order valence-electron chi connectivity index (χ0n) is 9.16. The van der Waals surface area contributed by atoms with Gasteiger partial charge in [0.2, 0.25) is 0 Å². The Kier molecular flexibility index (Phi) is 6.42. The first kappa shape index (κ1) is 12.5. The summed E-state index contributed by atoms with van der Waals surface area (Å²) < 4.78 is 0. The van der Waals surface area contributed by atoms with Gasteiger partial charge in [0.1, 0.15) is 0 Å². The second-order valence-electron chi connectivity index (χ2n) is 3.79. The lowest BCUT2D eigenvalue weighted by Crippen LogP contribution is -1.94. The molecule has 15 heavy (non-hydrogen) atoms. The second kappa shape index (κ2) is 7.70. The smallest absolute Gasteiger partial charge is 0.00313 e. The fourth-order valence-corrected chi connectivity index (χ4v) is 2.15. The molecular formula is C14H19Br. The minimum atomic E-state index is 0.529. The van der Waals surface area contributed by atoms with Gasteiger partial charge in [-0.25, -0.2) is 0 Å². The topological polar surface area (TPSA) is 0 Å². The molecule has 0 spiro atoms. The van der Waals surface area contributed by atoms with Crippen molar-refractivity contribution < 1.29 is 0 Å². The van der Waals surface area contributed by atoms with Gasteiger partial charge in [0.05, 0.1) is 0 Å². The van der Waals surface area contributed by atoms with Gasteiger partial charge in [-0.15, -0.1) is 6.58 Å². The lowest BCUT2D eigenvalue weighted by atomic mass is 9.93. The number of benzene rings is 1. The van der Waals surface area contributed by atoms with Crippen LogP contribution in [0.3, 0.4) is 0 Å². The Morgan fingerprint density at radius 1 is 1.13 bits per heavy atom. The van der Waals surface area contributed by atoms with Gasteiger partial charge in [-0.3, -0.25) is 0 Å². The van der Waals surface area contributed by atoms with Gasteiger partial charge in [0, 0.05) is 11.2 Å². The van der Waals surface area contributed by atoms with Crippen molar-refractivity contribution in [1.82, 2.24) is 0 Å². The third-order valence-corrected chi connectivity index (χ3v) is 3.22. The van der Waals surface area contributed by atoms with Crippen molar-refractivity contribution >= 4 is 15.9 Å². The summed E-state index contributed by atoms with van der Waals surface area (Å²) >= 11 is 3.46. The number of hydrogen-bond donors (Lipinski definition) is 0. The highest BCUT2D eigenvalue weighted by atomic mass is 79.9. The van der Waals surface area contributed by atoms with E-state index in [1.165, 1.54) is 31.2 Å². The van der Waals surface area contributed by atoms with E-state index in [0.29, 0.717) is 5.92 Å². The summed E-state index contributed by atoms with van der Waals surface area (Å²) in [7, 11) is 0. The third kappa shape index (κ3) is 4.65. The van der Waals surface area contributed by atoms with Crippen molar-refractivity contribution in [1.29, 1.82) is 0 Å². The van der Waals surface area contributed by atoms with E-state index in [9.17, 15) is 0 Å². The van der Waals surface area contributed by atoms with Crippen LogP contribution in [0.25, 0.3) is 0 Å². The van der Waals surface area contributed by atoms with Crippen molar-refractivity contribution in [2.24, 2.45) is 0 Å². The first-order chi connectivity index (χ1) is 7.38. The maximum Gasteiger partial charge on any atom is 0.00313 e. The lowest BCUT2D eigenvalue weighted by molar-refractivity contribution is 0.632. The maximum absolute atomic E-state index is 3.93. The van der Waals surface area contributed by atoms with E-state index in [0.717, 1.165) is 5.33 Å². The van der Waals surface area contributed by atoms with Gasteiger partial charge < -0.3 is 0 Å². The lowest BCUT2D eigenvalue weighted by Gasteiger charge is -2.12. The van der Waals surface area contributed by atoms with E-state index in [4.69, 9.17) is 0 Å². The van der Waals surface area contributed by atoms with Crippen LogP contribution < -0.4 is 0 Å². The van der Waals surface area contributed by atoms with Crippen molar-refractivity contribution in [3.05, 3.63) is 48.6 Å². The van der Waals surface area contributed by atoms with Gasteiger partial charge in [0.25, 0.3) is 0 Å². The number of allylic oxidation sites excluding steroid dienone is 1. The van der Waals surface area contributed by atoms with E-state index in [1.807, 2.05) is 0 Å². The molecule has 0 aliphatic carbocycles. The highest BCUT2D eigenvalue weighted by Crippen LogP contribution is 2.23. The normalized spacial score (nSPS) is 12.3. The summed E-state index contributed by atoms with van der Waals surface area (Å²) in [5.74, 6) is 0.529. The van der Waals surface area contributed by atoms with Crippen LogP contribution in [-0.2, 0) is 0 Å². The highest BCUT2D eigenvalue weighted by molar-refractivity contribution is 9.09. The van der Waals surface area contributed by atoms with Gasteiger partial charge in [-0.2, -0.15) is 0 Å². The molecule has 1 atom stereocenters. The van der Waals surface area contributed by atoms with Gasteiger partial charge in [-0.1, -0.05) is 65.2 Å². The molecule has 0 N–H and O–H groups in total. The molecular weight excluding hydrogens is 248 g/mol. The Labute approximate surface area is 102 Å². The predicted octanol–water partition coefficient (Wildman–Crippen LogP) is 4.91. The quantitative estimate of drug-likeness (QED) is 0.374. The monoisotopic (exact) mass is 266 g/mol. The molecule has 0 heterocycles. The summed E-state index contributed by atoms with van der Waals surface area (Å²) in [5, 5.41) is 1.12. The van der Waals surface area contributed by atoms with Crippen LogP contribution in [0.1, 0.15) is 37.2 Å². The molecule has 82 valence electrons. The number of hydrogen-bond acceptors (Lipinski definition) is 0. The average molecular weight is 267 g/mol. The predicted molar refractivity (Wildman–Crippen MR) is 71.6 cm³/mol. The molecule has 1 rings (SSSR count). The summed E-state index contributed by atoms with van der Waals surface area (Å²) in [6, 6.07) is 10.6. The molecule has 0 aromatic heterocycles. The summed E-state index contributed by atoms with van der Waals surface area (Å²) in [5.41, 5.74) is 1.39. The minimum absolute atomic E-state index is 0.529. The van der Waals surface area contributed by atoms with E-state index in [1.54, 1.807) is 0 Å². The molecule has 0 amide bonds. The van der Waals surface area contributed by atoms with E-state index < -0.39 is 0 Å². The highest BCUT2D eigenvalue weighted by Gasteiger charge is 2.05. The average Bonchev–Trinajstić information content (AvgIpc) is 2.30. The van der Waals surface area contributed by atoms with E-state index >= 15 is 0 Å². The Hall–Kier alpha value is -0.560. The van der Waals surface area contributed by atoms with Crippen LogP contribution in [0.4, 0.5) is 0 Å². The Balaban J connectivity index is 2.39. The molecule has 0 nitrogen and oxygen atoms in total. The summed E-state index contributed by atoms with van der Waals surface area (Å²) in [4.78, 5) is 0. The van der Waals surface area contributed by atoms with E-state index in [2.05, 4.69) is 58.9 Å². The maximum atomic E-state index is 3.93. The third-order valence-electron chi connectivity index (χ3n) is 2.66. The molecule has 0 aliphatic heterocycles. The molecule has 1 aromatic carbocycles. The van der Waals surface area contributed by atoms with Crippen LogP contribution >= 0.6 is 15.9 Å². The van der Waals surface area contributed by atoms with Gasteiger partial charge in [-0.05, 0) is 18.4 Å². The number of unbranched alkanes of at least 4 members (excludes halogenated alkanes) is 2. The SMILES string of the molecule is C=CC(CCCCCBr)c1ccccc1. The van der Waals surface area contributed by atoms with Crippen molar-refractivity contribution in [2.45, 2.75) is 31.6 Å². The molecule has 0 saturated carbocycles. The first-order valence-corrected chi connectivity index (χ1v) is 6.74. The van der Waals surface area contributed by atoms with Crippen molar-refractivity contribution in [2.75, 3.05) is 5.33 Å². The second-order valence-corrected chi connectivity index (χ2v) is 4.58. The van der Waals surface area contributed by atoms with Crippen LogP contribution in [0.2, 0.25) is 0 Å². The Morgan fingerprint density at radius 2 is 1.87 bits per heavy atom. The fourth-order valence-electron chi connectivity index (χ4n) is 1.76. The van der Waals surface area contributed by atoms with Gasteiger partial charge in [0.15, 0.2) is 0 Å². The molecule has 0 radical (unpaired) electrons. The Morgan fingerprint density at radius 3 is 2.47 bits per heavy atom. The van der Waals surface area contributed by atoms with E-state index in [-0.39, 0.29) is 0 Å². The number of rotatable bonds is 7. The molecule has 1 heteroatoms. The largest absolute Gasteiger partial charge is 0.102 e. The van der Waals surface area contributed by atoms with Gasteiger partial charge >= 0.3 is 0 Å². The zero-order valence-corrected chi connectivity index (χ0v) is 10.7. The molecule has 0 aliphatic rings. The Bertz CT molecular complexity index is 266. The molecule has 1 unspecified atom stereocenters. The number of halogens is 1. The standard InChI is InChI=1S/C14H19Br/c1-2-13(9-7-4-8-12-15)14-10-5-3-6-11-14/h2-3,5-6,10-11,13H,1,4,7-9,12H2. The summed E-state index contributed by atoms with van der Waals surface area (Å²) in [6.07, 6.45) is 7.17. The summed E-state index contributed by atoms with van der Waals surface area (Å²) in [6.45, 7) is 3.93. The van der Waals surface area contributed by atoms with Crippen molar-refractivity contribution in [3.8, 4) is 0 Å². The molecule has 1 aromatic rings. The van der Waals surface area contributed by atoms with Crippen LogP contribution in [0.5, 0.6) is 0 Å². The molecule has 0 saturated heterocycles. The minimum Gasteiger partial charge on any atom is -0.102 e.